The van der Waals surface area contributed by atoms with Crippen LogP contribution in [-0.2, 0) is 0 Å². The normalized spacial score (nSPS) is 13.7. The van der Waals surface area contributed by atoms with Gasteiger partial charge in [-0.1, -0.05) is 24.6 Å². The van der Waals surface area contributed by atoms with Gasteiger partial charge in [0.1, 0.15) is 12.4 Å². The zero-order valence-electron chi connectivity index (χ0n) is 20.7. The number of benzene rings is 1. The Balaban J connectivity index is 2.66. The molecule has 0 aliphatic rings. The van der Waals surface area contributed by atoms with Gasteiger partial charge in [-0.25, -0.2) is 10.4 Å². The average molecular weight is 436 g/mol. The number of anilines is 1. The van der Waals surface area contributed by atoms with E-state index in [0.717, 1.165) is 43.9 Å². The number of hydrogen-bond donors (Lipinski definition) is 4. The molecule has 0 saturated heterocycles. The van der Waals surface area contributed by atoms with Crippen LogP contribution in [0, 0.1) is 0 Å². The Morgan fingerprint density at radius 3 is 2.68 bits per heavy atom. The summed E-state index contributed by atoms with van der Waals surface area (Å²) in [6.45, 7) is 14.1. The Morgan fingerprint density at radius 2 is 2.03 bits per heavy atom. The van der Waals surface area contributed by atoms with Gasteiger partial charge in [-0.2, -0.15) is 5.12 Å². The lowest BCUT2D eigenvalue weighted by molar-refractivity contribution is -0.0536. The van der Waals surface area contributed by atoms with E-state index in [1.54, 1.807) is 0 Å². The van der Waals surface area contributed by atoms with Crippen molar-refractivity contribution >= 4 is 5.69 Å². The molecule has 4 N–H and O–H groups in total. The van der Waals surface area contributed by atoms with Crippen molar-refractivity contribution in [1.82, 2.24) is 20.9 Å². The number of ether oxygens (including phenoxy) is 1. The molecule has 0 amide bonds. The van der Waals surface area contributed by atoms with Gasteiger partial charge < -0.3 is 20.5 Å². The van der Waals surface area contributed by atoms with Crippen molar-refractivity contribution in [2.24, 2.45) is 0 Å². The topological polar surface area (TPSA) is 72.0 Å². The molecule has 0 bridgehead atoms. The van der Waals surface area contributed by atoms with E-state index in [1.807, 2.05) is 24.3 Å². The van der Waals surface area contributed by atoms with Crippen LogP contribution >= 0.6 is 0 Å². The summed E-state index contributed by atoms with van der Waals surface area (Å²) >= 11 is 0. The van der Waals surface area contributed by atoms with E-state index >= 15 is 0 Å². The second-order valence-electron chi connectivity index (χ2n) is 8.62. The summed E-state index contributed by atoms with van der Waals surface area (Å²) in [7, 11) is 4.18. The third-order valence-corrected chi connectivity index (χ3v) is 5.43. The summed E-state index contributed by atoms with van der Waals surface area (Å²) in [6.07, 6.45) is 4.17. The summed E-state index contributed by atoms with van der Waals surface area (Å²) < 4.78 is 5.54. The van der Waals surface area contributed by atoms with Crippen LogP contribution in [0.4, 0.5) is 5.69 Å². The zero-order chi connectivity index (χ0) is 23.3. The maximum absolute atomic E-state index is 8.97. The first-order valence-corrected chi connectivity index (χ1v) is 11.4. The Labute approximate surface area is 189 Å². The number of nitrogens with zero attached hydrogens (tertiary/aromatic N) is 2. The number of aliphatic hydroxyl groups is 1. The largest absolute Gasteiger partial charge is 0.491 e. The zero-order valence-corrected chi connectivity index (χ0v) is 20.7. The lowest BCUT2D eigenvalue weighted by atomic mass is 10.0. The number of aliphatic hydroxyl groups excluding tert-OH is 1. The van der Waals surface area contributed by atoms with Gasteiger partial charge in [0, 0.05) is 44.0 Å². The fraction of sp³-hybridized carbons (Fsp3) is 0.667. The number of hydrogen-bond acceptors (Lipinski definition) is 7. The van der Waals surface area contributed by atoms with Crippen LogP contribution in [0.2, 0.25) is 0 Å². The standard InChI is InChI=1S/C24H45N5O2/c1-8-20(3)23(26-21-11-10-12-22(19-21)31-18-17-30)13-16-28(6)29(7)27-24(4,5)14-15-25-9-2/h8,10-12,19,23,25-27,30H,9,13-18H2,1-7H3/b20-8+. The minimum absolute atomic E-state index is 0.0110. The second kappa shape index (κ2) is 14.4. The fourth-order valence-electron chi connectivity index (χ4n) is 3.28. The first-order valence-electron chi connectivity index (χ1n) is 11.4. The van der Waals surface area contributed by atoms with Crippen LogP contribution in [-0.4, -0.2) is 73.8 Å². The Hall–Kier alpha value is -1.64. The molecule has 31 heavy (non-hydrogen) atoms. The van der Waals surface area contributed by atoms with Crippen molar-refractivity contribution in [1.29, 1.82) is 0 Å². The molecule has 1 unspecified atom stereocenters. The quantitative estimate of drug-likeness (QED) is 0.180. The maximum atomic E-state index is 8.97. The van der Waals surface area contributed by atoms with Crippen LogP contribution in [0.1, 0.15) is 47.5 Å². The molecule has 0 aliphatic carbocycles. The van der Waals surface area contributed by atoms with E-state index in [1.165, 1.54) is 5.57 Å². The highest BCUT2D eigenvalue weighted by atomic mass is 16.5. The first-order chi connectivity index (χ1) is 14.7. The molecule has 0 radical (unpaired) electrons. The molecule has 1 atom stereocenters. The maximum Gasteiger partial charge on any atom is 0.121 e. The summed E-state index contributed by atoms with van der Waals surface area (Å²) in [5, 5.41) is 20.3. The van der Waals surface area contributed by atoms with Crippen LogP contribution < -0.4 is 20.8 Å². The molecular weight excluding hydrogens is 390 g/mol. The molecule has 0 fully saturated rings. The van der Waals surface area contributed by atoms with Crippen molar-refractivity contribution < 1.29 is 9.84 Å². The number of nitrogens with one attached hydrogen (secondary N) is 3. The molecule has 0 aromatic heterocycles. The van der Waals surface area contributed by atoms with Gasteiger partial charge in [-0.3, -0.25) is 0 Å². The van der Waals surface area contributed by atoms with Gasteiger partial charge in [0.25, 0.3) is 0 Å². The molecule has 1 aromatic rings. The average Bonchev–Trinajstić information content (AvgIpc) is 2.74. The van der Waals surface area contributed by atoms with Gasteiger partial charge in [0.05, 0.1) is 6.61 Å². The van der Waals surface area contributed by atoms with Crippen LogP contribution in [0.5, 0.6) is 5.75 Å². The van der Waals surface area contributed by atoms with E-state index in [9.17, 15) is 0 Å². The molecule has 7 nitrogen and oxygen atoms in total. The summed E-state index contributed by atoms with van der Waals surface area (Å²) in [4.78, 5) is 0. The van der Waals surface area contributed by atoms with Crippen molar-refractivity contribution in [2.45, 2.75) is 59.0 Å². The molecule has 1 rings (SSSR count). The van der Waals surface area contributed by atoms with E-state index in [-0.39, 0.29) is 18.2 Å². The van der Waals surface area contributed by atoms with E-state index in [4.69, 9.17) is 9.84 Å². The smallest absolute Gasteiger partial charge is 0.121 e. The Kier molecular flexibility index (Phi) is 12.7. The minimum atomic E-state index is 0.0110. The predicted molar refractivity (Wildman–Crippen MR) is 131 cm³/mol. The first kappa shape index (κ1) is 27.4. The van der Waals surface area contributed by atoms with Gasteiger partial charge in [-0.05, 0) is 65.8 Å². The SMILES string of the molecule is C/C=C(\C)C(CCN(C)N(C)NC(C)(C)CCNCC)Nc1cccc(OCCO)c1. The highest BCUT2D eigenvalue weighted by Crippen LogP contribution is 2.21. The van der Waals surface area contributed by atoms with Gasteiger partial charge in [0.2, 0.25) is 0 Å². The lowest BCUT2D eigenvalue weighted by Gasteiger charge is -2.37. The monoisotopic (exact) mass is 435 g/mol. The molecular formula is C24H45N5O2. The van der Waals surface area contributed by atoms with Crippen LogP contribution in [0.15, 0.2) is 35.9 Å². The molecule has 0 aliphatic heterocycles. The van der Waals surface area contributed by atoms with Gasteiger partial charge in [0.15, 0.2) is 0 Å². The van der Waals surface area contributed by atoms with Crippen LogP contribution in [0.25, 0.3) is 0 Å². The van der Waals surface area contributed by atoms with E-state index in [2.05, 4.69) is 81.0 Å². The van der Waals surface area contributed by atoms with E-state index in [0.29, 0.717) is 6.61 Å². The fourth-order valence-corrected chi connectivity index (χ4v) is 3.28. The van der Waals surface area contributed by atoms with Gasteiger partial charge in [-0.15, -0.1) is 0 Å². The Morgan fingerprint density at radius 1 is 1.29 bits per heavy atom. The van der Waals surface area contributed by atoms with Crippen molar-refractivity contribution in [2.75, 3.05) is 52.3 Å². The predicted octanol–water partition coefficient (Wildman–Crippen LogP) is 3.26. The highest BCUT2D eigenvalue weighted by molar-refractivity contribution is 5.50. The molecule has 0 heterocycles. The van der Waals surface area contributed by atoms with Crippen molar-refractivity contribution in [3.05, 3.63) is 35.9 Å². The van der Waals surface area contributed by atoms with Gasteiger partial charge >= 0.3 is 0 Å². The van der Waals surface area contributed by atoms with Crippen molar-refractivity contribution in [3.8, 4) is 5.75 Å². The molecule has 0 saturated carbocycles. The summed E-state index contributed by atoms with van der Waals surface area (Å²) in [6, 6.07) is 8.12. The van der Waals surface area contributed by atoms with E-state index < -0.39 is 0 Å². The van der Waals surface area contributed by atoms with Crippen LogP contribution in [0.3, 0.4) is 0 Å². The molecule has 0 spiro atoms. The molecule has 178 valence electrons. The number of allylic oxidation sites excluding steroid dienone is 1. The highest BCUT2D eigenvalue weighted by Gasteiger charge is 2.21. The molecule has 7 heteroatoms. The number of hydrazine groups is 2. The Bertz CT molecular complexity index is 651. The number of rotatable bonds is 16. The second-order valence-corrected chi connectivity index (χ2v) is 8.62. The minimum Gasteiger partial charge on any atom is -0.491 e. The summed E-state index contributed by atoms with van der Waals surface area (Å²) in [5.41, 5.74) is 5.93. The summed E-state index contributed by atoms with van der Waals surface area (Å²) in [5.74, 6) is 0.761. The molecule has 1 aromatic carbocycles. The third kappa shape index (κ3) is 11.0. The van der Waals surface area contributed by atoms with Crippen molar-refractivity contribution in [3.63, 3.8) is 0 Å². The lowest BCUT2D eigenvalue weighted by Crippen LogP contribution is -2.56. The third-order valence-electron chi connectivity index (χ3n) is 5.43.